The van der Waals surface area contributed by atoms with Gasteiger partial charge < -0.3 is 5.32 Å². The summed E-state index contributed by atoms with van der Waals surface area (Å²) in [5.74, 6) is 0. The minimum Gasteiger partial charge on any atom is -0.354 e. The van der Waals surface area contributed by atoms with Crippen LogP contribution >= 0.6 is 15.9 Å². The number of rotatable bonds is 3. The Morgan fingerprint density at radius 1 is 1.17 bits per heavy atom. The quantitative estimate of drug-likeness (QED) is 0.897. The molecule has 1 N–H and O–H groups in total. The SMILES string of the molecule is CCc1ccc(Nc2cc(Br)ccc2C#N)cc1. The smallest absolute Gasteiger partial charge is 0.101 e. The number of anilines is 2. The van der Waals surface area contributed by atoms with Crippen molar-refractivity contribution in [2.75, 3.05) is 5.32 Å². The Balaban J connectivity index is 2.27. The Labute approximate surface area is 115 Å². The van der Waals surface area contributed by atoms with Crippen LogP contribution in [0.3, 0.4) is 0 Å². The molecule has 0 fully saturated rings. The number of aryl methyl sites for hydroxylation is 1. The van der Waals surface area contributed by atoms with Crippen molar-refractivity contribution in [3.63, 3.8) is 0 Å². The normalized spacial score (nSPS) is 9.83. The van der Waals surface area contributed by atoms with Gasteiger partial charge in [0.1, 0.15) is 6.07 Å². The van der Waals surface area contributed by atoms with E-state index in [-0.39, 0.29) is 0 Å². The second-order valence-corrected chi connectivity index (χ2v) is 4.89. The summed E-state index contributed by atoms with van der Waals surface area (Å²) >= 11 is 3.41. The first kappa shape index (κ1) is 12.7. The summed E-state index contributed by atoms with van der Waals surface area (Å²) in [5, 5.41) is 12.3. The van der Waals surface area contributed by atoms with Gasteiger partial charge in [0, 0.05) is 10.2 Å². The van der Waals surface area contributed by atoms with Gasteiger partial charge in [0.15, 0.2) is 0 Å². The van der Waals surface area contributed by atoms with Crippen LogP contribution < -0.4 is 5.32 Å². The van der Waals surface area contributed by atoms with Crippen LogP contribution in [0, 0.1) is 11.3 Å². The molecule has 0 aliphatic carbocycles. The molecule has 0 bridgehead atoms. The van der Waals surface area contributed by atoms with Crippen LogP contribution in [0.4, 0.5) is 11.4 Å². The van der Waals surface area contributed by atoms with Gasteiger partial charge in [0.05, 0.1) is 11.3 Å². The van der Waals surface area contributed by atoms with Crippen LogP contribution in [0.1, 0.15) is 18.1 Å². The molecule has 90 valence electrons. The van der Waals surface area contributed by atoms with Crippen molar-refractivity contribution in [2.24, 2.45) is 0 Å². The van der Waals surface area contributed by atoms with E-state index in [1.54, 1.807) is 6.07 Å². The first-order valence-corrected chi connectivity index (χ1v) is 6.58. The molecule has 0 heterocycles. The van der Waals surface area contributed by atoms with Crippen LogP contribution in [0.2, 0.25) is 0 Å². The number of halogens is 1. The monoisotopic (exact) mass is 300 g/mol. The Morgan fingerprint density at radius 2 is 1.89 bits per heavy atom. The summed E-state index contributed by atoms with van der Waals surface area (Å²) in [6.45, 7) is 2.13. The third kappa shape index (κ3) is 2.91. The van der Waals surface area contributed by atoms with E-state index in [2.05, 4.69) is 46.4 Å². The minimum absolute atomic E-state index is 0.637. The summed E-state index contributed by atoms with van der Waals surface area (Å²) in [6.07, 6.45) is 1.03. The van der Waals surface area contributed by atoms with Gasteiger partial charge in [0.2, 0.25) is 0 Å². The van der Waals surface area contributed by atoms with Crippen LogP contribution in [-0.4, -0.2) is 0 Å². The lowest BCUT2D eigenvalue weighted by Gasteiger charge is -2.09. The van der Waals surface area contributed by atoms with E-state index in [9.17, 15) is 0 Å². The van der Waals surface area contributed by atoms with Gasteiger partial charge in [-0.1, -0.05) is 35.0 Å². The molecule has 0 radical (unpaired) electrons. The van der Waals surface area contributed by atoms with Crippen molar-refractivity contribution in [2.45, 2.75) is 13.3 Å². The molecule has 2 aromatic carbocycles. The standard InChI is InChI=1S/C15H13BrN2/c1-2-11-3-7-14(8-4-11)18-15-9-13(16)6-5-12(15)10-17/h3-9,18H,2H2,1H3. The highest BCUT2D eigenvalue weighted by Gasteiger charge is 2.03. The molecule has 0 aliphatic rings. The first-order valence-electron chi connectivity index (χ1n) is 5.78. The van der Waals surface area contributed by atoms with Gasteiger partial charge >= 0.3 is 0 Å². The highest BCUT2D eigenvalue weighted by Crippen LogP contribution is 2.24. The van der Waals surface area contributed by atoms with E-state index in [1.165, 1.54) is 5.56 Å². The Hall–Kier alpha value is -1.79. The molecular weight excluding hydrogens is 288 g/mol. The first-order chi connectivity index (χ1) is 8.72. The second kappa shape index (κ2) is 5.70. The Kier molecular flexibility index (Phi) is 4.01. The lowest BCUT2D eigenvalue weighted by Crippen LogP contribution is -1.94. The molecule has 18 heavy (non-hydrogen) atoms. The lowest BCUT2D eigenvalue weighted by atomic mass is 10.1. The molecule has 0 aromatic heterocycles. The zero-order valence-corrected chi connectivity index (χ0v) is 11.7. The fraction of sp³-hybridized carbons (Fsp3) is 0.133. The largest absolute Gasteiger partial charge is 0.354 e. The molecule has 0 amide bonds. The number of nitriles is 1. The second-order valence-electron chi connectivity index (χ2n) is 3.98. The van der Waals surface area contributed by atoms with Gasteiger partial charge in [-0.25, -0.2) is 0 Å². The predicted molar refractivity (Wildman–Crippen MR) is 78.0 cm³/mol. The molecule has 0 spiro atoms. The molecule has 2 nitrogen and oxygen atoms in total. The topological polar surface area (TPSA) is 35.8 Å². The van der Waals surface area contributed by atoms with Crippen molar-refractivity contribution in [1.29, 1.82) is 5.26 Å². The van der Waals surface area contributed by atoms with E-state index in [1.807, 2.05) is 24.3 Å². The lowest BCUT2D eigenvalue weighted by molar-refractivity contribution is 1.14. The molecule has 0 saturated heterocycles. The van der Waals surface area contributed by atoms with Crippen molar-refractivity contribution >= 4 is 27.3 Å². The van der Waals surface area contributed by atoms with E-state index in [0.29, 0.717) is 5.56 Å². The summed E-state index contributed by atoms with van der Waals surface area (Å²) in [4.78, 5) is 0. The van der Waals surface area contributed by atoms with Crippen LogP contribution in [0.25, 0.3) is 0 Å². The molecule has 0 unspecified atom stereocenters. The van der Waals surface area contributed by atoms with Gasteiger partial charge in [-0.2, -0.15) is 5.26 Å². The van der Waals surface area contributed by atoms with Gasteiger partial charge in [-0.05, 0) is 42.3 Å². The maximum atomic E-state index is 9.06. The third-order valence-corrected chi connectivity index (χ3v) is 3.24. The fourth-order valence-corrected chi connectivity index (χ4v) is 2.06. The van der Waals surface area contributed by atoms with Gasteiger partial charge in [-0.15, -0.1) is 0 Å². The maximum absolute atomic E-state index is 9.06. The average molecular weight is 301 g/mol. The maximum Gasteiger partial charge on any atom is 0.101 e. The molecule has 2 rings (SSSR count). The predicted octanol–water partition coefficient (Wildman–Crippen LogP) is 4.63. The molecule has 2 aromatic rings. The summed E-state index contributed by atoms with van der Waals surface area (Å²) in [5.41, 5.74) is 3.74. The molecule has 3 heteroatoms. The molecule has 0 aliphatic heterocycles. The van der Waals surface area contributed by atoms with Crippen molar-refractivity contribution < 1.29 is 0 Å². The number of hydrogen-bond donors (Lipinski definition) is 1. The highest BCUT2D eigenvalue weighted by molar-refractivity contribution is 9.10. The number of hydrogen-bond acceptors (Lipinski definition) is 2. The van der Waals surface area contributed by atoms with Crippen molar-refractivity contribution in [3.8, 4) is 6.07 Å². The summed E-state index contributed by atoms with van der Waals surface area (Å²) in [6, 6.07) is 16.0. The van der Waals surface area contributed by atoms with E-state index < -0.39 is 0 Å². The van der Waals surface area contributed by atoms with Gasteiger partial charge in [0.25, 0.3) is 0 Å². The minimum atomic E-state index is 0.637. The van der Waals surface area contributed by atoms with Crippen molar-refractivity contribution in [3.05, 3.63) is 58.1 Å². The number of nitrogens with zero attached hydrogens (tertiary/aromatic N) is 1. The average Bonchev–Trinajstić information content (AvgIpc) is 2.40. The summed E-state index contributed by atoms with van der Waals surface area (Å²) in [7, 11) is 0. The zero-order chi connectivity index (χ0) is 13.0. The van der Waals surface area contributed by atoms with Crippen LogP contribution in [0.5, 0.6) is 0 Å². The Morgan fingerprint density at radius 3 is 2.50 bits per heavy atom. The highest BCUT2D eigenvalue weighted by atomic mass is 79.9. The zero-order valence-electron chi connectivity index (χ0n) is 10.1. The molecule has 0 saturated carbocycles. The number of benzene rings is 2. The fourth-order valence-electron chi connectivity index (χ4n) is 1.70. The Bertz CT molecular complexity index is 582. The van der Waals surface area contributed by atoms with E-state index in [0.717, 1.165) is 22.3 Å². The van der Waals surface area contributed by atoms with E-state index >= 15 is 0 Å². The van der Waals surface area contributed by atoms with Crippen LogP contribution in [-0.2, 0) is 6.42 Å². The molecular formula is C15H13BrN2. The third-order valence-electron chi connectivity index (χ3n) is 2.74. The molecule has 0 atom stereocenters. The van der Waals surface area contributed by atoms with E-state index in [4.69, 9.17) is 5.26 Å². The van der Waals surface area contributed by atoms with Crippen molar-refractivity contribution in [1.82, 2.24) is 0 Å². The summed E-state index contributed by atoms with van der Waals surface area (Å²) < 4.78 is 0.953. The van der Waals surface area contributed by atoms with Gasteiger partial charge in [-0.3, -0.25) is 0 Å². The van der Waals surface area contributed by atoms with Crippen LogP contribution in [0.15, 0.2) is 46.9 Å². The number of nitrogens with one attached hydrogen (secondary N) is 1.